The average molecular weight is 370 g/mol. The predicted molar refractivity (Wildman–Crippen MR) is 101 cm³/mol. The maximum Gasteiger partial charge on any atom is 0.255 e. The first-order valence-corrected chi connectivity index (χ1v) is 9.06. The molecule has 0 aromatic heterocycles. The third-order valence-corrected chi connectivity index (χ3v) is 4.39. The van der Waals surface area contributed by atoms with Gasteiger partial charge in [-0.25, -0.2) is 4.39 Å². The van der Waals surface area contributed by atoms with Crippen molar-refractivity contribution in [3.63, 3.8) is 0 Å². The summed E-state index contributed by atoms with van der Waals surface area (Å²) < 4.78 is 18.8. The maximum absolute atomic E-state index is 13.2. The van der Waals surface area contributed by atoms with Crippen LogP contribution in [0.1, 0.15) is 35.7 Å². The van der Waals surface area contributed by atoms with E-state index in [0.29, 0.717) is 24.8 Å². The lowest BCUT2D eigenvalue weighted by Gasteiger charge is -2.13. The van der Waals surface area contributed by atoms with Crippen molar-refractivity contribution in [3.8, 4) is 0 Å². The molecule has 0 saturated heterocycles. The van der Waals surface area contributed by atoms with Crippen LogP contribution in [0, 0.1) is 11.7 Å². The van der Waals surface area contributed by atoms with Crippen molar-refractivity contribution in [2.75, 3.05) is 11.9 Å². The molecule has 2 amide bonds. The number of ether oxygens (including phenoxy) is 1. The van der Waals surface area contributed by atoms with Gasteiger partial charge in [-0.1, -0.05) is 18.2 Å². The van der Waals surface area contributed by atoms with Crippen LogP contribution in [-0.2, 0) is 16.1 Å². The summed E-state index contributed by atoms with van der Waals surface area (Å²) in [7, 11) is 0. The van der Waals surface area contributed by atoms with Crippen molar-refractivity contribution in [3.05, 3.63) is 65.5 Å². The second-order valence-corrected chi connectivity index (χ2v) is 6.80. The number of anilines is 1. The van der Waals surface area contributed by atoms with E-state index in [1.807, 2.05) is 6.07 Å². The average Bonchev–Trinajstić information content (AvgIpc) is 3.49. The van der Waals surface area contributed by atoms with Crippen LogP contribution in [0.2, 0.25) is 0 Å². The maximum atomic E-state index is 13.2. The molecule has 142 valence electrons. The topological polar surface area (TPSA) is 67.4 Å². The number of halogens is 1. The lowest BCUT2D eigenvalue weighted by atomic mass is 10.1. The molecule has 1 saturated carbocycles. The molecule has 27 heavy (non-hydrogen) atoms. The Morgan fingerprint density at radius 1 is 1.19 bits per heavy atom. The minimum absolute atomic E-state index is 0.162. The number of rotatable bonds is 8. The van der Waals surface area contributed by atoms with E-state index in [4.69, 9.17) is 4.74 Å². The van der Waals surface area contributed by atoms with Gasteiger partial charge in [0.15, 0.2) is 0 Å². The molecule has 1 aliphatic carbocycles. The number of hydrogen-bond donors (Lipinski definition) is 2. The van der Waals surface area contributed by atoms with E-state index in [1.54, 1.807) is 31.2 Å². The van der Waals surface area contributed by atoms with E-state index < -0.39 is 17.8 Å². The Labute approximate surface area is 157 Å². The fourth-order valence-corrected chi connectivity index (χ4v) is 2.57. The SMILES string of the molecule is CC(OCC1CC1)C(=O)NCc1cccc(NC(=O)c2cccc(F)c2)c1. The molecule has 0 heterocycles. The van der Waals surface area contributed by atoms with E-state index in [0.717, 1.165) is 5.56 Å². The minimum atomic E-state index is -0.485. The lowest BCUT2D eigenvalue weighted by Crippen LogP contribution is -2.34. The molecule has 1 aliphatic rings. The molecule has 1 unspecified atom stereocenters. The second-order valence-electron chi connectivity index (χ2n) is 6.80. The number of hydrogen-bond acceptors (Lipinski definition) is 3. The molecule has 2 aromatic rings. The highest BCUT2D eigenvalue weighted by atomic mass is 19.1. The largest absolute Gasteiger partial charge is 0.368 e. The highest BCUT2D eigenvalue weighted by Crippen LogP contribution is 2.29. The smallest absolute Gasteiger partial charge is 0.255 e. The molecule has 2 aromatic carbocycles. The van der Waals surface area contributed by atoms with Crippen molar-refractivity contribution in [1.82, 2.24) is 5.32 Å². The van der Waals surface area contributed by atoms with Gasteiger partial charge in [0.25, 0.3) is 5.91 Å². The van der Waals surface area contributed by atoms with Crippen LogP contribution in [0.3, 0.4) is 0 Å². The summed E-state index contributed by atoms with van der Waals surface area (Å²) in [5.41, 5.74) is 1.67. The van der Waals surface area contributed by atoms with E-state index >= 15 is 0 Å². The summed E-state index contributed by atoms with van der Waals surface area (Å²) >= 11 is 0. The van der Waals surface area contributed by atoms with Gasteiger partial charge in [-0.3, -0.25) is 9.59 Å². The predicted octanol–water partition coefficient (Wildman–Crippen LogP) is 3.51. The summed E-state index contributed by atoms with van der Waals surface area (Å²) in [6.45, 7) is 2.71. The molecule has 6 heteroatoms. The quantitative estimate of drug-likeness (QED) is 0.747. The van der Waals surface area contributed by atoms with Gasteiger partial charge in [0.1, 0.15) is 11.9 Å². The van der Waals surface area contributed by atoms with Crippen LogP contribution < -0.4 is 10.6 Å². The Kier molecular flexibility index (Phi) is 6.19. The number of carbonyl (C=O) groups excluding carboxylic acids is 2. The number of carbonyl (C=O) groups is 2. The Morgan fingerprint density at radius 3 is 2.70 bits per heavy atom. The Hall–Kier alpha value is -2.73. The normalized spacial score (nSPS) is 14.4. The zero-order chi connectivity index (χ0) is 19.2. The van der Waals surface area contributed by atoms with E-state index in [-0.39, 0.29) is 11.5 Å². The number of benzene rings is 2. The fourth-order valence-electron chi connectivity index (χ4n) is 2.57. The standard InChI is InChI=1S/C21H23FN2O3/c1-14(27-13-15-8-9-15)20(25)23-12-16-4-2-7-19(10-16)24-21(26)17-5-3-6-18(22)11-17/h2-7,10-11,14-15H,8-9,12-13H2,1H3,(H,23,25)(H,24,26). The Morgan fingerprint density at radius 2 is 1.96 bits per heavy atom. The molecular weight excluding hydrogens is 347 g/mol. The lowest BCUT2D eigenvalue weighted by molar-refractivity contribution is -0.132. The van der Waals surface area contributed by atoms with Crippen molar-refractivity contribution >= 4 is 17.5 Å². The fraction of sp³-hybridized carbons (Fsp3) is 0.333. The van der Waals surface area contributed by atoms with Crippen molar-refractivity contribution < 1.29 is 18.7 Å². The van der Waals surface area contributed by atoms with Crippen molar-refractivity contribution in [1.29, 1.82) is 0 Å². The van der Waals surface area contributed by atoms with Gasteiger partial charge in [0.05, 0.1) is 6.61 Å². The third kappa shape index (κ3) is 5.89. The molecule has 0 aliphatic heterocycles. The van der Waals surface area contributed by atoms with Gasteiger partial charge in [-0.15, -0.1) is 0 Å². The molecule has 0 bridgehead atoms. The van der Waals surface area contributed by atoms with Gasteiger partial charge < -0.3 is 15.4 Å². The van der Waals surface area contributed by atoms with Gasteiger partial charge in [0.2, 0.25) is 5.91 Å². The van der Waals surface area contributed by atoms with Crippen LogP contribution in [0.25, 0.3) is 0 Å². The third-order valence-electron chi connectivity index (χ3n) is 4.39. The summed E-state index contributed by atoms with van der Waals surface area (Å²) in [6, 6.07) is 12.7. The zero-order valence-corrected chi connectivity index (χ0v) is 15.2. The van der Waals surface area contributed by atoms with Gasteiger partial charge in [-0.05, 0) is 61.6 Å². The Balaban J connectivity index is 1.52. The highest BCUT2D eigenvalue weighted by molar-refractivity contribution is 6.04. The first-order chi connectivity index (χ1) is 13.0. The molecular formula is C21H23FN2O3. The van der Waals surface area contributed by atoms with Crippen LogP contribution in [0.15, 0.2) is 48.5 Å². The van der Waals surface area contributed by atoms with Gasteiger partial charge in [0, 0.05) is 17.8 Å². The van der Waals surface area contributed by atoms with E-state index in [9.17, 15) is 14.0 Å². The van der Waals surface area contributed by atoms with Crippen LogP contribution in [0.4, 0.5) is 10.1 Å². The van der Waals surface area contributed by atoms with Gasteiger partial charge >= 0.3 is 0 Å². The molecule has 5 nitrogen and oxygen atoms in total. The Bertz CT molecular complexity index is 821. The summed E-state index contributed by atoms with van der Waals surface area (Å²) in [5.74, 6) is -0.404. The molecule has 3 rings (SSSR count). The number of amides is 2. The number of nitrogens with one attached hydrogen (secondary N) is 2. The highest BCUT2D eigenvalue weighted by Gasteiger charge is 2.23. The molecule has 1 fully saturated rings. The van der Waals surface area contributed by atoms with E-state index in [2.05, 4.69) is 10.6 Å². The zero-order valence-electron chi connectivity index (χ0n) is 15.2. The monoisotopic (exact) mass is 370 g/mol. The molecule has 0 spiro atoms. The second kappa shape index (κ2) is 8.77. The van der Waals surface area contributed by atoms with Gasteiger partial charge in [-0.2, -0.15) is 0 Å². The van der Waals surface area contributed by atoms with E-state index in [1.165, 1.54) is 31.0 Å². The minimum Gasteiger partial charge on any atom is -0.368 e. The first kappa shape index (κ1) is 19.0. The van der Waals surface area contributed by atoms with Crippen molar-refractivity contribution in [2.45, 2.75) is 32.4 Å². The van der Waals surface area contributed by atoms with Crippen molar-refractivity contribution in [2.24, 2.45) is 5.92 Å². The molecule has 1 atom stereocenters. The summed E-state index contributed by atoms with van der Waals surface area (Å²) in [4.78, 5) is 24.3. The first-order valence-electron chi connectivity index (χ1n) is 9.06. The molecule has 2 N–H and O–H groups in total. The van der Waals surface area contributed by atoms with Crippen LogP contribution in [0.5, 0.6) is 0 Å². The van der Waals surface area contributed by atoms with Crippen LogP contribution in [-0.4, -0.2) is 24.5 Å². The summed E-state index contributed by atoms with van der Waals surface area (Å²) in [5, 5.41) is 5.57. The summed E-state index contributed by atoms with van der Waals surface area (Å²) in [6.07, 6.45) is 1.88. The molecule has 0 radical (unpaired) electrons. The van der Waals surface area contributed by atoms with Crippen LogP contribution >= 0.6 is 0 Å².